The summed E-state index contributed by atoms with van der Waals surface area (Å²) in [7, 11) is 0. The average molecular weight is 394 g/mol. The molecule has 0 atom stereocenters. The van der Waals surface area contributed by atoms with Gasteiger partial charge in [-0.3, -0.25) is 0 Å². The molecule has 3 rings (SSSR count). The third-order valence-corrected chi connectivity index (χ3v) is 7.13. The van der Waals surface area contributed by atoms with Gasteiger partial charge in [0.1, 0.15) is 0 Å². The van der Waals surface area contributed by atoms with E-state index in [4.69, 9.17) is 10.00 Å². The van der Waals surface area contributed by atoms with Gasteiger partial charge in [0.15, 0.2) is 0 Å². The highest BCUT2D eigenvalue weighted by molar-refractivity contribution is 5.25. The van der Waals surface area contributed by atoms with Gasteiger partial charge < -0.3 is 4.74 Å². The van der Waals surface area contributed by atoms with Crippen molar-refractivity contribution in [3.05, 3.63) is 47.5 Å². The first-order valence-electron chi connectivity index (χ1n) is 12.0. The average Bonchev–Trinajstić information content (AvgIpc) is 2.77. The molecule has 2 aliphatic rings. The Labute approximate surface area is 178 Å². The van der Waals surface area contributed by atoms with Crippen LogP contribution in [0.3, 0.4) is 0 Å². The van der Waals surface area contributed by atoms with Crippen molar-refractivity contribution < 1.29 is 4.74 Å². The van der Waals surface area contributed by atoms with E-state index in [1.807, 2.05) is 6.08 Å². The first-order valence-corrected chi connectivity index (χ1v) is 12.0. The first-order chi connectivity index (χ1) is 14.3. The predicted molar refractivity (Wildman–Crippen MR) is 121 cm³/mol. The Hall–Kier alpha value is -1.59. The first kappa shape index (κ1) is 22.1. The maximum absolute atomic E-state index is 8.55. The minimum atomic E-state index is 0.490. The molecule has 2 saturated carbocycles. The maximum atomic E-state index is 8.55. The van der Waals surface area contributed by atoms with Crippen LogP contribution in [0.2, 0.25) is 0 Å². The maximum Gasteiger partial charge on any atom is 0.0908 e. The Bertz CT molecular complexity index is 640. The number of hydrogen-bond donors (Lipinski definition) is 0. The molecule has 0 aliphatic heterocycles. The normalized spacial score (nSPS) is 27.7. The molecule has 0 heterocycles. The van der Waals surface area contributed by atoms with Gasteiger partial charge in [-0.2, -0.15) is 5.26 Å². The largest absolute Gasteiger partial charge is 0.378 e. The van der Waals surface area contributed by atoms with E-state index in [2.05, 4.69) is 37.3 Å². The Kier molecular flexibility index (Phi) is 9.29. The zero-order chi connectivity index (χ0) is 20.3. The van der Waals surface area contributed by atoms with Gasteiger partial charge in [0.2, 0.25) is 0 Å². The highest BCUT2D eigenvalue weighted by Gasteiger charge is 2.25. The lowest BCUT2D eigenvalue weighted by atomic mass is 9.78. The molecule has 0 bridgehead atoms. The molecule has 0 aromatic heterocycles. The van der Waals surface area contributed by atoms with E-state index in [0.717, 1.165) is 30.8 Å². The summed E-state index contributed by atoms with van der Waals surface area (Å²) in [6.45, 7) is 3.22. The number of hydrogen-bond acceptors (Lipinski definition) is 2. The molecular weight excluding hydrogens is 354 g/mol. The van der Waals surface area contributed by atoms with Crippen LogP contribution in [-0.4, -0.2) is 12.7 Å². The molecule has 2 aliphatic carbocycles. The molecule has 0 radical (unpaired) electrons. The predicted octanol–water partition coefficient (Wildman–Crippen LogP) is 7.35. The summed E-state index contributed by atoms with van der Waals surface area (Å²) < 4.78 is 6.34. The number of nitrogens with zero attached hydrogens (tertiary/aromatic N) is 1. The Morgan fingerprint density at radius 1 is 0.966 bits per heavy atom. The fourth-order valence-electron chi connectivity index (χ4n) is 5.23. The molecule has 0 N–H and O–H groups in total. The van der Waals surface area contributed by atoms with Gasteiger partial charge >= 0.3 is 0 Å². The highest BCUT2D eigenvalue weighted by atomic mass is 16.5. The van der Waals surface area contributed by atoms with Crippen LogP contribution in [0.5, 0.6) is 0 Å². The van der Waals surface area contributed by atoms with Gasteiger partial charge in [-0.15, -0.1) is 0 Å². The third kappa shape index (κ3) is 7.31. The summed E-state index contributed by atoms with van der Waals surface area (Å²) >= 11 is 0. The second kappa shape index (κ2) is 12.2. The standard InChI is InChI=1S/C27H39NO/c1-2-6-22-8-14-25(15-9-22)26-16-10-24(11-17-26)21-29-27-18-12-23(13-19-27)7-4-3-5-20-28/h3,5,8-9,14-15,23-24,26-27H,2,4,6-7,10-13,16-19,21H2,1H3/b5-3+. The van der Waals surface area contributed by atoms with Gasteiger partial charge in [-0.05, 0) is 99.5 Å². The Balaban J connectivity index is 1.30. The van der Waals surface area contributed by atoms with Crippen molar-refractivity contribution >= 4 is 0 Å². The van der Waals surface area contributed by atoms with Crippen molar-refractivity contribution in [2.75, 3.05) is 6.61 Å². The fraction of sp³-hybridized carbons (Fsp3) is 0.667. The molecule has 0 unspecified atom stereocenters. The van der Waals surface area contributed by atoms with E-state index in [0.29, 0.717) is 6.10 Å². The molecule has 2 heteroatoms. The van der Waals surface area contributed by atoms with E-state index in [1.54, 1.807) is 11.6 Å². The lowest BCUT2D eigenvalue weighted by Gasteiger charge is -2.32. The number of rotatable bonds is 9. The molecule has 0 spiro atoms. The third-order valence-electron chi connectivity index (χ3n) is 7.13. The van der Waals surface area contributed by atoms with Crippen LogP contribution in [0.25, 0.3) is 0 Å². The minimum Gasteiger partial charge on any atom is -0.378 e. The van der Waals surface area contributed by atoms with E-state index < -0.39 is 0 Å². The molecule has 1 aromatic rings. The summed E-state index contributed by atoms with van der Waals surface area (Å²) in [5, 5.41) is 8.55. The molecule has 29 heavy (non-hydrogen) atoms. The van der Waals surface area contributed by atoms with Crippen molar-refractivity contribution in [2.24, 2.45) is 11.8 Å². The van der Waals surface area contributed by atoms with Crippen molar-refractivity contribution in [1.29, 1.82) is 5.26 Å². The monoisotopic (exact) mass is 393 g/mol. The summed E-state index contributed by atoms with van der Waals surface area (Å²) in [5.74, 6) is 2.35. The second-order valence-corrected chi connectivity index (χ2v) is 9.29. The van der Waals surface area contributed by atoms with Crippen LogP contribution in [0, 0.1) is 23.2 Å². The van der Waals surface area contributed by atoms with E-state index in [-0.39, 0.29) is 0 Å². The summed E-state index contributed by atoms with van der Waals surface area (Å²) in [5.41, 5.74) is 3.03. The topological polar surface area (TPSA) is 33.0 Å². The van der Waals surface area contributed by atoms with Crippen molar-refractivity contribution in [3.8, 4) is 6.07 Å². The van der Waals surface area contributed by atoms with Crippen LogP contribution < -0.4 is 0 Å². The van der Waals surface area contributed by atoms with Gasteiger partial charge in [-0.1, -0.05) is 43.7 Å². The van der Waals surface area contributed by atoms with Crippen LogP contribution in [0.4, 0.5) is 0 Å². The summed E-state index contributed by atoms with van der Waals surface area (Å²) in [4.78, 5) is 0. The summed E-state index contributed by atoms with van der Waals surface area (Å²) in [6.07, 6.45) is 19.2. The van der Waals surface area contributed by atoms with E-state index >= 15 is 0 Å². The molecule has 158 valence electrons. The molecule has 0 amide bonds. The van der Waals surface area contributed by atoms with E-state index in [1.165, 1.54) is 76.2 Å². The lowest BCUT2D eigenvalue weighted by Crippen LogP contribution is -2.25. The SMILES string of the molecule is CCCc1ccc(C2CCC(COC3CCC(CC/C=C/C#N)CC3)CC2)cc1. The van der Waals surface area contributed by atoms with Crippen LogP contribution in [-0.2, 0) is 11.2 Å². The molecule has 0 saturated heterocycles. The molecule has 2 nitrogen and oxygen atoms in total. The fourth-order valence-corrected chi connectivity index (χ4v) is 5.23. The van der Waals surface area contributed by atoms with Gasteiger partial charge in [0.25, 0.3) is 0 Å². The van der Waals surface area contributed by atoms with Gasteiger partial charge in [-0.25, -0.2) is 0 Å². The number of nitriles is 1. The number of ether oxygens (including phenoxy) is 1. The number of allylic oxidation sites excluding steroid dienone is 2. The smallest absolute Gasteiger partial charge is 0.0908 e. The van der Waals surface area contributed by atoms with Crippen molar-refractivity contribution in [2.45, 2.75) is 96.0 Å². The quantitative estimate of drug-likeness (QED) is 0.411. The Morgan fingerprint density at radius 3 is 2.31 bits per heavy atom. The number of benzene rings is 1. The highest BCUT2D eigenvalue weighted by Crippen LogP contribution is 2.37. The van der Waals surface area contributed by atoms with Gasteiger partial charge in [0, 0.05) is 12.7 Å². The van der Waals surface area contributed by atoms with Gasteiger partial charge in [0.05, 0.1) is 12.2 Å². The number of aryl methyl sites for hydroxylation is 1. The zero-order valence-electron chi connectivity index (χ0n) is 18.3. The van der Waals surface area contributed by atoms with Crippen molar-refractivity contribution in [1.82, 2.24) is 0 Å². The second-order valence-electron chi connectivity index (χ2n) is 9.29. The molecular formula is C27H39NO. The van der Waals surface area contributed by atoms with Crippen molar-refractivity contribution in [3.63, 3.8) is 0 Å². The lowest BCUT2D eigenvalue weighted by molar-refractivity contribution is -0.00824. The van der Waals surface area contributed by atoms with Crippen LogP contribution in [0.15, 0.2) is 36.4 Å². The van der Waals surface area contributed by atoms with Crippen LogP contribution >= 0.6 is 0 Å². The summed E-state index contributed by atoms with van der Waals surface area (Å²) in [6, 6.07) is 11.5. The molecule has 1 aromatic carbocycles. The zero-order valence-corrected chi connectivity index (χ0v) is 18.3. The molecule has 2 fully saturated rings. The Morgan fingerprint density at radius 2 is 1.66 bits per heavy atom. The minimum absolute atomic E-state index is 0.490. The van der Waals surface area contributed by atoms with Crippen LogP contribution in [0.1, 0.15) is 94.6 Å². The van der Waals surface area contributed by atoms with E-state index in [9.17, 15) is 0 Å².